The van der Waals surface area contributed by atoms with E-state index in [4.69, 9.17) is 0 Å². The number of carbonyl (C=O) groups excluding carboxylic acids is 1. The summed E-state index contributed by atoms with van der Waals surface area (Å²) in [5, 5.41) is 34.7. The van der Waals surface area contributed by atoms with Crippen molar-refractivity contribution in [1.82, 2.24) is 10.6 Å². The number of carboxylic acid groups (broad SMARTS) is 1. The predicted molar refractivity (Wildman–Crippen MR) is 97.1 cm³/mol. The first-order chi connectivity index (χ1) is 12.2. The minimum atomic E-state index is -1.03. The molecule has 5 N–H and O–H groups in total. The van der Waals surface area contributed by atoms with Gasteiger partial charge in [0.05, 0.1) is 6.04 Å². The Morgan fingerprint density at radius 3 is 2.54 bits per heavy atom. The van der Waals surface area contributed by atoms with Crippen LogP contribution < -0.4 is 10.6 Å². The number of phenolic OH excluding ortho intramolecular Hbond substituents is 2. The van der Waals surface area contributed by atoms with Gasteiger partial charge in [-0.3, -0.25) is 10.1 Å². The monoisotopic (exact) mass is 364 g/mol. The third kappa shape index (κ3) is 4.46. The average molecular weight is 364 g/mol. The van der Waals surface area contributed by atoms with E-state index in [1.54, 1.807) is 0 Å². The second kappa shape index (κ2) is 7.95. The fourth-order valence-electron chi connectivity index (χ4n) is 3.44. The van der Waals surface area contributed by atoms with Crippen LogP contribution in [0.5, 0.6) is 11.5 Å². The number of nitrogens with one attached hydrogen (secondary N) is 2. The highest BCUT2D eigenvalue weighted by atomic mass is 16.4. The Labute approximate surface area is 153 Å². The van der Waals surface area contributed by atoms with Crippen LogP contribution >= 0.6 is 0 Å². The van der Waals surface area contributed by atoms with Crippen LogP contribution in [-0.4, -0.2) is 39.3 Å². The van der Waals surface area contributed by atoms with Gasteiger partial charge in [0.25, 0.3) is 0 Å². The molecule has 0 aromatic heterocycles. The van der Waals surface area contributed by atoms with E-state index in [1.165, 1.54) is 12.1 Å². The Hall–Kier alpha value is -2.28. The SMILES string of the molecule is CCCCCC(NC(=O)C1Cc2cc(O)c(O)cc2C(C)(C)N1)C(=O)O. The molecule has 0 radical (unpaired) electrons. The van der Waals surface area contributed by atoms with Crippen molar-refractivity contribution in [3.8, 4) is 11.5 Å². The molecule has 2 rings (SSSR count). The molecule has 0 aliphatic carbocycles. The van der Waals surface area contributed by atoms with Crippen molar-refractivity contribution in [2.75, 3.05) is 0 Å². The van der Waals surface area contributed by atoms with Crippen LogP contribution in [0.3, 0.4) is 0 Å². The molecule has 1 heterocycles. The Bertz CT molecular complexity index is 687. The van der Waals surface area contributed by atoms with Crippen molar-refractivity contribution in [3.63, 3.8) is 0 Å². The first-order valence-corrected chi connectivity index (χ1v) is 9.02. The maximum Gasteiger partial charge on any atom is 0.326 e. The fraction of sp³-hybridized carbons (Fsp3) is 0.579. The number of phenols is 2. The quantitative estimate of drug-likeness (QED) is 0.373. The molecule has 2 unspecified atom stereocenters. The summed E-state index contributed by atoms with van der Waals surface area (Å²) < 4.78 is 0. The zero-order valence-corrected chi connectivity index (χ0v) is 15.5. The third-order valence-electron chi connectivity index (χ3n) is 4.86. The number of carbonyl (C=O) groups is 2. The third-order valence-corrected chi connectivity index (χ3v) is 4.86. The summed E-state index contributed by atoms with van der Waals surface area (Å²) in [6.07, 6.45) is 3.35. The van der Waals surface area contributed by atoms with Gasteiger partial charge in [-0.25, -0.2) is 4.79 Å². The number of fused-ring (bicyclic) bond motifs is 1. The van der Waals surface area contributed by atoms with E-state index in [1.807, 2.05) is 20.8 Å². The van der Waals surface area contributed by atoms with Crippen LogP contribution in [0.2, 0.25) is 0 Å². The average Bonchev–Trinajstić information content (AvgIpc) is 2.55. The van der Waals surface area contributed by atoms with E-state index in [9.17, 15) is 24.9 Å². The summed E-state index contributed by atoms with van der Waals surface area (Å²) >= 11 is 0. The molecule has 7 nitrogen and oxygen atoms in total. The van der Waals surface area contributed by atoms with Crippen molar-refractivity contribution in [2.24, 2.45) is 0 Å². The number of amides is 1. The van der Waals surface area contributed by atoms with Gasteiger partial charge in [-0.2, -0.15) is 0 Å². The maximum atomic E-state index is 12.6. The molecule has 0 saturated heterocycles. The Morgan fingerprint density at radius 2 is 1.92 bits per heavy atom. The topological polar surface area (TPSA) is 119 Å². The second-order valence-corrected chi connectivity index (χ2v) is 7.42. The lowest BCUT2D eigenvalue weighted by atomic mass is 9.81. The molecule has 26 heavy (non-hydrogen) atoms. The lowest BCUT2D eigenvalue weighted by Gasteiger charge is -2.39. The van der Waals surface area contributed by atoms with E-state index in [2.05, 4.69) is 10.6 Å². The number of carboxylic acids is 1. The number of rotatable bonds is 7. The van der Waals surface area contributed by atoms with Crippen molar-refractivity contribution in [3.05, 3.63) is 23.3 Å². The zero-order chi connectivity index (χ0) is 19.5. The largest absolute Gasteiger partial charge is 0.504 e. The molecule has 0 fully saturated rings. The lowest BCUT2D eigenvalue weighted by Crippen LogP contribution is -2.57. The zero-order valence-electron chi connectivity index (χ0n) is 15.5. The van der Waals surface area contributed by atoms with Crippen LogP contribution in [0.25, 0.3) is 0 Å². The molecule has 144 valence electrons. The number of benzene rings is 1. The van der Waals surface area contributed by atoms with Gasteiger partial charge in [-0.15, -0.1) is 0 Å². The van der Waals surface area contributed by atoms with Crippen LogP contribution in [-0.2, 0) is 21.5 Å². The highest BCUT2D eigenvalue weighted by molar-refractivity contribution is 5.87. The first kappa shape index (κ1) is 20.0. The number of aliphatic carboxylic acids is 1. The highest BCUT2D eigenvalue weighted by Crippen LogP contribution is 2.37. The minimum Gasteiger partial charge on any atom is -0.504 e. The number of unbranched alkanes of at least 4 members (excludes halogenated alkanes) is 2. The molecule has 1 aromatic rings. The summed E-state index contributed by atoms with van der Waals surface area (Å²) in [6.45, 7) is 5.78. The van der Waals surface area contributed by atoms with Gasteiger partial charge in [0.2, 0.25) is 5.91 Å². The highest BCUT2D eigenvalue weighted by Gasteiger charge is 2.37. The summed E-state index contributed by atoms with van der Waals surface area (Å²) in [7, 11) is 0. The fourth-order valence-corrected chi connectivity index (χ4v) is 3.44. The first-order valence-electron chi connectivity index (χ1n) is 9.02. The van der Waals surface area contributed by atoms with Gasteiger partial charge in [-0.1, -0.05) is 26.2 Å². The Kier molecular flexibility index (Phi) is 6.13. The van der Waals surface area contributed by atoms with Gasteiger partial charge in [-0.05, 0) is 49.9 Å². The standard InChI is InChI=1S/C19H28N2O5/c1-4-5-6-7-13(18(25)26)20-17(24)14-8-11-9-15(22)16(23)10-12(11)19(2,3)21-14/h9-10,13-14,21-23H,4-8H2,1-3H3,(H,20,24)(H,25,26). The van der Waals surface area contributed by atoms with Crippen molar-refractivity contribution in [2.45, 2.75) is 70.5 Å². The molecular weight excluding hydrogens is 336 g/mol. The number of hydrogen-bond acceptors (Lipinski definition) is 5. The Morgan fingerprint density at radius 1 is 1.27 bits per heavy atom. The van der Waals surface area contributed by atoms with Crippen LogP contribution in [0.15, 0.2) is 12.1 Å². The van der Waals surface area contributed by atoms with E-state index in [0.29, 0.717) is 12.8 Å². The van der Waals surface area contributed by atoms with Crippen molar-refractivity contribution < 1.29 is 24.9 Å². The van der Waals surface area contributed by atoms with Gasteiger partial charge < -0.3 is 20.6 Å². The molecule has 0 saturated carbocycles. The molecular formula is C19H28N2O5. The van der Waals surface area contributed by atoms with E-state index >= 15 is 0 Å². The molecule has 0 bridgehead atoms. The Balaban J connectivity index is 2.14. The summed E-state index contributed by atoms with van der Waals surface area (Å²) in [4.78, 5) is 24.1. The number of aromatic hydroxyl groups is 2. The maximum absolute atomic E-state index is 12.6. The molecule has 1 aliphatic rings. The van der Waals surface area contributed by atoms with Crippen LogP contribution in [0, 0.1) is 0 Å². The van der Waals surface area contributed by atoms with Crippen molar-refractivity contribution in [1.29, 1.82) is 0 Å². The van der Waals surface area contributed by atoms with Crippen molar-refractivity contribution >= 4 is 11.9 Å². The normalized spacial score (nSPS) is 19.4. The smallest absolute Gasteiger partial charge is 0.326 e. The van der Waals surface area contributed by atoms with E-state index < -0.39 is 23.6 Å². The molecule has 1 amide bonds. The molecule has 2 atom stereocenters. The van der Waals surface area contributed by atoms with E-state index in [-0.39, 0.29) is 17.4 Å². The predicted octanol–water partition coefficient (Wildman–Crippen LogP) is 2.00. The van der Waals surface area contributed by atoms with E-state index in [0.717, 1.165) is 30.4 Å². The minimum absolute atomic E-state index is 0.205. The van der Waals surface area contributed by atoms with Gasteiger partial charge in [0.1, 0.15) is 6.04 Å². The number of hydrogen-bond donors (Lipinski definition) is 5. The second-order valence-electron chi connectivity index (χ2n) is 7.42. The van der Waals surface area contributed by atoms with Gasteiger partial charge in [0, 0.05) is 5.54 Å². The molecule has 1 aromatic carbocycles. The molecule has 1 aliphatic heterocycles. The van der Waals surface area contributed by atoms with Crippen LogP contribution in [0.4, 0.5) is 0 Å². The summed E-state index contributed by atoms with van der Waals surface area (Å²) in [5.74, 6) is -1.85. The lowest BCUT2D eigenvalue weighted by molar-refractivity contribution is -0.142. The molecule has 0 spiro atoms. The summed E-state index contributed by atoms with van der Waals surface area (Å²) in [6, 6.07) is 1.43. The van der Waals surface area contributed by atoms with Gasteiger partial charge in [0.15, 0.2) is 11.5 Å². The summed E-state index contributed by atoms with van der Waals surface area (Å²) in [5.41, 5.74) is 0.943. The molecule has 7 heteroatoms. The van der Waals surface area contributed by atoms with Crippen LogP contribution in [0.1, 0.15) is 57.6 Å². The van der Waals surface area contributed by atoms with Gasteiger partial charge >= 0.3 is 5.97 Å².